The number of hydrogen-bond donors (Lipinski definition) is 3. The fourth-order valence-corrected chi connectivity index (χ4v) is 1.60. The average molecular weight is 265 g/mol. The molecule has 2 amide bonds. The van der Waals surface area contributed by atoms with E-state index < -0.39 is 11.9 Å². The Balaban J connectivity index is 2.37. The second-order valence-corrected chi connectivity index (χ2v) is 4.17. The van der Waals surface area contributed by atoms with Crippen molar-refractivity contribution in [2.75, 3.05) is 13.7 Å². The molecule has 0 aliphatic heterocycles. The van der Waals surface area contributed by atoms with Crippen LogP contribution in [0.1, 0.15) is 12.0 Å². The monoisotopic (exact) mass is 265 g/mol. The van der Waals surface area contributed by atoms with Gasteiger partial charge in [-0.15, -0.1) is 0 Å². The Bertz CT molecular complexity index is 449. The number of methoxy groups -OCH3 is 1. The second kappa shape index (κ2) is 7.38. The molecule has 6 heteroatoms. The zero-order valence-electron chi connectivity index (χ0n) is 10.9. The Hall–Kier alpha value is -2.08. The van der Waals surface area contributed by atoms with Gasteiger partial charge in [0, 0.05) is 6.54 Å². The molecule has 6 nitrogen and oxygen atoms in total. The van der Waals surface area contributed by atoms with Crippen LogP contribution in [0.2, 0.25) is 0 Å². The lowest BCUT2D eigenvalue weighted by Gasteiger charge is -2.10. The lowest BCUT2D eigenvalue weighted by Crippen LogP contribution is -2.43. The van der Waals surface area contributed by atoms with Crippen molar-refractivity contribution in [3.63, 3.8) is 0 Å². The zero-order chi connectivity index (χ0) is 14.3. The van der Waals surface area contributed by atoms with Crippen molar-refractivity contribution in [3.8, 4) is 5.75 Å². The molecule has 5 N–H and O–H groups in total. The van der Waals surface area contributed by atoms with Crippen LogP contribution in [-0.4, -0.2) is 31.5 Å². The van der Waals surface area contributed by atoms with E-state index in [0.29, 0.717) is 13.0 Å². The van der Waals surface area contributed by atoms with Gasteiger partial charge in [0.1, 0.15) is 5.75 Å². The van der Waals surface area contributed by atoms with Crippen molar-refractivity contribution in [1.82, 2.24) is 5.32 Å². The van der Waals surface area contributed by atoms with Crippen molar-refractivity contribution < 1.29 is 14.3 Å². The molecule has 1 unspecified atom stereocenters. The summed E-state index contributed by atoms with van der Waals surface area (Å²) in [6.07, 6.45) is 0.511. The van der Waals surface area contributed by atoms with E-state index in [9.17, 15) is 9.59 Å². The molecule has 0 saturated heterocycles. The number of rotatable bonds is 7. The van der Waals surface area contributed by atoms with Crippen LogP contribution >= 0.6 is 0 Å². The summed E-state index contributed by atoms with van der Waals surface area (Å²) in [6.45, 7) is 0.443. The number of benzene rings is 1. The van der Waals surface area contributed by atoms with Gasteiger partial charge in [-0.1, -0.05) is 12.1 Å². The topological polar surface area (TPSA) is 107 Å². The summed E-state index contributed by atoms with van der Waals surface area (Å²) in [5.74, 6) is -0.189. The van der Waals surface area contributed by atoms with E-state index in [2.05, 4.69) is 5.32 Å². The van der Waals surface area contributed by atoms with Crippen LogP contribution in [0, 0.1) is 0 Å². The fourth-order valence-electron chi connectivity index (χ4n) is 1.60. The van der Waals surface area contributed by atoms with Gasteiger partial charge in [0.2, 0.25) is 11.8 Å². The van der Waals surface area contributed by atoms with E-state index in [4.69, 9.17) is 16.2 Å². The van der Waals surface area contributed by atoms with Gasteiger partial charge in [-0.05, 0) is 24.1 Å². The van der Waals surface area contributed by atoms with Gasteiger partial charge in [-0.3, -0.25) is 9.59 Å². The molecule has 0 spiro atoms. The molecule has 0 heterocycles. The lowest BCUT2D eigenvalue weighted by atomic mass is 10.1. The molecule has 0 aromatic heterocycles. The largest absolute Gasteiger partial charge is 0.497 e. The Morgan fingerprint density at radius 1 is 1.42 bits per heavy atom. The zero-order valence-corrected chi connectivity index (χ0v) is 10.9. The number of primary amides is 1. The number of carbonyl (C=O) groups excluding carboxylic acids is 2. The summed E-state index contributed by atoms with van der Waals surface area (Å²) >= 11 is 0. The molecule has 0 radical (unpaired) electrons. The van der Waals surface area contributed by atoms with Crippen molar-refractivity contribution in [2.45, 2.75) is 18.9 Å². The summed E-state index contributed by atoms with van der Waals surface area (Å²) in [6, 6.07) is 6.69. The van der Waals surface area contributed by atoms with Crippen LogP contribution in [0.25, 0.3) is 0 Å². The van der Waals surface area contributed by atoms with Crippen molar-refractivity contribution >= 4 is 11.8 Å². The van der Waals surface area contributed by atoms with Crippen LogP contribution in [0.4, 0.5) is 0 Å². The molecule has 1 rings (SSSR count). The molecule has 0 aliphatic rings. The van der Waals surface area contributed by atoms with Gasteiger partial charge in [-0.25, -0.2) is 0 Å². The first-order chi connectivity index (χ1) is 9.02. The highest BCUT2D eigenvalue weighted by Crippen LogP contribution is 2.12. The van der Waals surface area contributed by atoms with Gasteiger partial charge in [-0.2, -0.15) is 0 Å². The minimum absolute atomic E-state index is 0.148. The predicted octanol–water partition coefficient (Wildman–Crippen LogP) is -0.443. The summed E-state index contributed by atoms with van der Waals surface area (Å²) in [7, 11) is 1.60. The van der Waals surface area contributed by atoms with Crippen LogP contribution in [-0.2, 0) is 16.0 Å². The normalized spacial score (nSPS) is 11.7. The summed E-state index contributed by atoms with van der Waals surface area (Å²) in [4.78, 5) is 22.2. The lowest BCUT2D eigenvalue weighted by molar-refractivity contribution is -0.126. The average Bonchev–Trinajstić information content (AvgIpc) is 2.38. The van der Waals surface area contributed by atoms with E-state index in [-0.39, 0.29) is 12.3 Å². The van der Waals surface area contributed by atoms with E-state index in [1.165, 1.54) is 0 Å². The fraction of sp³-hybridized carbons (Fsp3) is 0.385. The summed E-state index contributed by atoms with van der Waals surface area (Å²) in [5.41, 5.74) is 11.5. The number of nitrogens with one attached hydrogen (secondary N) is 1. The van der Waals surface area contributed by atoms with E-state index in [1.54, 1.807) is 7.11 Å². The number of hydrogen-bond acceptors (Lipinski definition) is 4. The van der Waals surface area contributed by atoms with Crippen molar-refractivity contribution in [2.24, 2.45) is 11.5 Å². The van der Waals surface area contributed by atoms with Gasteiger partial charge in [0.25, 0.3) is 0 Å². The molecule has 0 saturated carbocycles. The quantitative estimate of drug-likeness (QED) is 0.621. The molecular weight excluding hydrogens is 246 g/mol. The minimum atomic E-state index is -0.886. The third-order valence-corrected chi connectivity index (χ3v) is 2.60. The van der Waals surface area contributed by atoms with Crippen LogP contribution in [0.3, 0.4) is 0 Å². The van der Waals surface area contributed by atoms with Crippen molar-refractivity contribution in [3.05, 3.63) is 29.8 Å². The Morgan fingerprint density at radius 2 is 2.16 bits per heavy atom. The first-order valence-corrected chi connectivity index (χ1v) is 5.97. The Morgan fingerprint density at radius 3 is 2.79 bits per heavy atom. The molecular formula is C13H19N3O3. The van der Waals surface area contributed by atoms with Gasteiger partial charge >= 0.3 is 0 Å². The highest BCUT2D eigenvalue weighted by atomic mass is 16.5. The van der Waals surface area contributed by atoms with Gasteiger partial charge in [0.15, 0.2) is 0 Å². The van der Waals surface area contributed by atoms with Crippen LogP contribution in [0.15, 0.2) is 24.3 Å². The summed E-state index contributed by atoms with van der Waals surface area (Å²) in [5, 5.41) is 2.66. The Labute approximate surface area is 112 Å². The molecule has 0 aliphatic carbocycles. The maximum atomic E-state index is 11.5. The van der Waals surface area contributed by atoms with Crippen LogP contribution < -0.4 is 21.5 Å². The molecule has 19 heavy (non-hydrogen) atoms. The molecule has 0 bridgehead atoms. The van der Waals surface area contributed by atoms with Crippen LogP contribution in [0.5, 0.6) is 5.75 Å². The molecule has 104 valence electrons. The number of nitrogens with two attached hydrogens (primary N) is 2. The maximum absolute atomic E-state index is 11.5. The van der Waals surface area contributed by atoms with E-state index in [0.717, 1.165) is 11.3 Å². The second-order valence-electron chi connectivity index (χ2n) is 4.17. The highest BCUT2D eigenvalue weighted by molar-refractivity contribution is 5.87. The minimum Gasteiger partial charge on any atom is -0.497 e. The maximum Gasteiger partial charge on any atom is 0.237 e. The predicted molar refractivity (Wildman–Crippen MR) is 71.5 cm³/mol. The van der Waals surface area contributed by atoms with E-state index in [1.807, 2.05) is 24.3 Å². The van der Waals surface area contributed by atoms with E-state index >= 15 is 0 Å². The molecule has 0 fully saturated rings. The number of amides is 2. The highest BCUT2D eigenvalue weighted by Gasteiger charge is 2.15. The first-order valence-electron chi connectivity index (χ1n) is 5.97. The smallest absolute Gasteiger partial charge is 0.237 e. The first kappa shape index (κ1) is 15.0. The molecule has 1 aromatic rings. The third kappa shape index (κ3) is 5.39. The Kier molecular flexibility index (Phi) is 5.81. The number of carbonyl (C=O) groups is 2. The molecule has 1 aromatic carbocycles. The number of ether oxygens (including phenoxy) is 1. The van der Waals surface area contributed by atoms with Gasteiger partial charge < -0.3 is 21.5 Å². The standard InChI is InChI=1S/C13H19N3O3/c1-19-10-4-2-3-9(7-10)5-6-16-13(18)11(14)8-12(15)17/h2-4,7,11H,5-6,8,14H2,1H3,(H2,15,17)(H,16,18). The SMILES string of the molecule is COc1cccc(CCNC(=O)C(N)CC(N)=O)c1. The summed E-state index contributed by atoms with van der Waals surface area (Å²) < 4.78 is 5.11. The van der Waals surface area contributed by atoms with Gasteiger partial charge in [0.05, 0.1) is 19.6 Å². The third-order valence-electron chi connectivity index (χ3n) is 2.60. The molecule has 1 atom stereocenters. The van der Waals surface area contributed by atoms with Crippen molar-refractivity contribution in [1.29, 1.82) is 0 Å².